The molecule has 0 aliphatic rings. The highest BCUT2D eigenvalue weighted by Crippen LogP contribution is 1.95. The Hall–Kier alpha value is -0.660. The van der Waals surface area contributed by atoms with Crippen molar-refractivity contribution in [2.24, 2.45) is 0 Å². The van der Waals surface area contributed by atoms with Crippen LogP contribution < -0.4 is 0 Å². The summed E-state index contributed by atoms with van der Waals surface area (Å²) < 4.78 is 43.3. The largest absolute Gasteiger partial charge is 0.379 e. The van der Waals surface area contributed by atoms with Crippen LogP contribution in [0, 0.1) is 0 Å². The van der Waals surface area contributed by atoms with Gasteiger partial charge in [0.25, 0.3) is 0 Å². The third-order valence-corrected chi connectivity index (χ3v) is 3.98. The molecule has 198 valence electrons. The van der Waals surface area contributed by atoms with E-state index in [9.17, 15) is 0 Å². The molecule has 0 amide bonds. The summed E-state index contributed by atoms with van der Waals surface area (Å²) in [5, 5.41) is 0. The summed E-state index contributed by atoms with van der Waals surface area (Å²) in [7, 11) is 1.46. The third kappa shape index (κ3) is 31.3. The normalized spacial score (nSPS) is 11.3. The van der Waals surface area contributed by atoms with Crippen molar-refractivity contribution < 1.29 is 47.7 Å². The Balaban J connectivity index is 2.99. The SMILES string of the molecule is C=CCCCCOCCOCCOCCOCCOCCOCCOCCOCCOOC. The summed E-state index contributed by atoms with van der Waals surface area (Å²) in [5.74, 6) is 0. The van der Waals surface area contributed by atoms with E-state index < -0.39 is 0 Å². The molecule has 0 heterocycles. The maximum absolute atomic E-state index is 5.47. The van der Waals surface area contributed by atoms with E-state index in [4.69, 9.17) is 37.9 Å². The van der Waals surface area contributed by atoms with Crippen LogP contribution >= 0.6 is 0 Å². The molecule has 0 saturated heterocycles. The number of hydrogen-bond acceptors (Lipinski definition) is 10. The molecule has 0 aromatic rings. The Kier molecular flexibility index (Phi) is 30.7. The van der Waals surface area contributed by atoms with E-state index in [1.165, 1.54) is 7.11 Å². The second-order valence-corrected chi connectivity index (χ2v) is 6.67. The number of hydrogen-bond donors (Lipinski definition) is 0. The summed E-state index contributed by atoms with van der Waals surface area (Å²) >= 11 is 0. The van der Waals surface area contributed by atoms with Gasteiger partial charge < -0.3 is 37.9 Å². The van der Waals surface area contributed by atoms with Gasteiger partial charge in [-0.1, -0.05) is 6.08 Å². The molecule has 0 aromatic carbocycles. The van der Waals surface area contributed by atoms with E-state index in [1.807, 2.05) is 6.08 Å². The molecule has 0 N–H and O–H groups in total. The van der Waals surface area contributed by atoms with Crippen LogP contribution in [-0.2, 0) is 47.7 Å². The molecule has 33 heavy (non-hydrogen) atoms. The minimum atomic E-state index is 0.405. The topological polar surface area (TPSA) is 92.3 Å². The Morgan fingerprint density at radius 1 is 0.424 bits per heavy atom. The van der Waals surface area contributed by atoms with Crippen molar-refractivity contribution in [2.45, 2.75) is 19.3 Å². The second-order valence-electron chi connectivity index (χ2n) is 6.67. The first kappa shape index (κ1) is 32.3. The molecule has 0 aromatic heterocycles. The monoisotopic (exact) mass is 482 g/mol. The zero-order valence-electron chi connectivity index (χ0n) is 20.5. The Morgan fingerprint density at radius 3 is 1.03 bits per heavy atom. The number of allylic oxidation sites excluding steroid dienone is 1. The molecule has 10 heteroatoms. The lowest BCUT2D eigenvalue weighted by molar-refractivity contribution is -0.277. The van der Waals surface area contributed by atoms with E-state index in [0.29, 0.717) is 106 Å². The van der Waals surface area contributed by atoms with Gasteiger partial charge in [0, 0.05) is 6.61 Å². The van der Waals surface area contributed by atoms with Gasteiger partial charge in [0.2, 0.25) is 0 Å². The molecule has 0 aliphatic heterocycles. The number of rotatable bonds is 30. The number of unbranched alkanes of at least 4 members (excludes halogenated alkanes) is 2. The minimum absolute atomic E-state index is 0.405. The molecule has 10 nitrogen and oxygen atoms in total. The molecule has 0 aliphatic carbocycles. The van der Waals surface area contributed by atoms with E-state index >= 15 is 0 Å². The van der Waals surface area contributed by atoms with Crippen molar-refractivity contribution in [3.8, 4) is 0 Å². The maximum atomic E-state index is 5.47. The average Bonchev–Trinajstić information content (AvgIpc) is 2.83. The summed E-state index contributed by atoms with van der Waals surface area (Å²) in [6.45, 7) is 13.0. The van der Waals surface area contributed by atoms with Crippen molar-refractivity contribution >= 4 is 0 Å². The summed E-state index contributed by atoms with van der Waals surface area (Å²) in [6.07, 6.45) is 5.17. The zero-order chi connectivity index (χ0) is 23.9. The molecular formula is C23H46O10. The minimum Gasteiger partial charge on any atom is -0.379 e. The molecule has 0 fully saturated rings. The van der Waals surface area contributed by atoms with Crippen LogP contribution in [0.3, 0.4) is 0 Å². The highest BCUT2D eigenvalue weighted by molar-refractivity contribution is 4.65. The molecule has 0 rings (SSSR count). The van der Waals surface area contributed by atoms with Crippen LogP contribution in [0.2, 0.25) is 0 Å². The predicted octanol–water partition coefficient (Wildman–Crippen LogP) is 2.05. The fourth-order valence-corrected chi connectivity index (χ4v) is 2.31. The van der Waals surface area contributed by atoms with E-state index in [-0.39, 0.29) is 0 Å². The molecule has 0 saturated carbocycles. The second kappa shape index (κ2) is 31.3. The van der Waals surface area contributed by atoms with Gasteiger partial charge in [0.15, 0.2) is 0 Å². The lowest BCUT2D eigenvalue weighted by Crippen LogP contribution is -2.15. The standard InChI is InChI=1S/C23H46O10/c1-3-4-5-6-7-25-8-9-26-10-11-27-12-13-28-14-15-29-16-17-30-18-19-31-20-21-32-22-23-33-24-2/h3H,1,4-23H2,2H3. The van der Waals surface area contributed by atoms with E-state index in [2.05, 4.69) is 16.4 Å². The van der Waals surface area contributed by atoms with Crippen LogP contribution in [0.25, 0.3) is 0 Å². The molecular weight excluding hydrogens is 436 g/mol. The van der Waals surface area contributed by atoms with Gasteiger partial charge in [-0.15, -0.1) is 6.58 Å². The predicted molar refractivity (Wildman–Crippen MR) is 124 cm³/mol. The number of ether oxygens (including phenoxy) is 8. The summed E-state index contributed by atoms with van der Waals surface area (Å²) in [4.78, 5) is 9.12. The quantitative estimate of drug-likeness (QED) is 0.0655. The van der Waals surface area contributed by atoms with Crippen LogP contribution in [0.4, 0.5) is 0 Å². The first-order valence-corrected chi connectivity index (χ1v) is 11.8. The van der Waals surface area contributed by atoms with E-state index in [1.54, 1.807) is 0 Å². The smallest absolute Gasteiger partial charge is 0.106 e. The van der Waals surface area contributed by atoms with Crippen molar-refractivity contribution in [3.63, 3.8) is 0 Å². The van der Waals surface area contributed by atoms with Crippen molar-refractivity contribution in [1.82, 2.24) is 0 Å². The fraction of sp³-hybridized carbons (Fsp3) is 0.913. The van der Waals surface area contributed by atoms with E-state index in [0.717, 1.165) is 25.9 Å². The van der Waals surface area contributed by atoms with Crippen LogP contribution in [0.1, 0.15) is 19.3 Å². The molecule has 0 spiro atoms. The van der Waals surface area contributed by atoms with Gasteiger partial charge in [-0.25, -0.2) is 9.78 Å². The third-order valence-electron chi connectivity index (χ3n) is 3.98. The van der Waals surface area contributed by atoms with Crippen LogP contribution in [0.15, 0.2) is 12.7 Å². The zero-order valence-corrected chi connectivity index (χ0v) is 20.5. The fourth-order valence-electron chi connectivity index (χ4n) is 2.31. The van der Waals surface area contributed by atoms with Gasteiger partial charge in [0.1, 0.15) is 6.61 Å². The van der Waals surface area contributed by atoms with Crippen molar-refractivity contribution in [3.05, 3.63) is 12.7 Å². The summed E-state index contributed by atoms with van der Waals surface area (Å²) in [6, 6.07) is 0. The Morgan fingerprint density at radius 2 is 0.727 bits per heavy atom. The van der Waals surface area contributed by atoms with Gasteiger partial charge in [-0.05, 0) is 19.3 Å². The first-order valence-electron chi connectivity index (χ1n) is 11.8. The maximum Gasteiger partial charge on any atom is 0.106 e. The Labute approximate surface area is 199 Å². The average molecular weight is 483 g/mol. The molecule has 0 bridgehead atoms. The highest BCUT2D eigenvalue weighted by atomic mass is 17.2. The lowest BCUT2D eigenvalue weighted by Gasteiger charge is -2.08. The van der Waals surface area contributed by atoms with Gasteiger partial charge in [0.05, 0.1) is 106 Å². The van der Waals surface area contributed by atoms with Crippen LogP contribution in [-0.4, -0.2) is 119 Å². The Bertz CT molecular complexity index is 360. The molecule has 0 unspecified atom stereocenters. The summed E-state index contributed by atoms with van der Waals surface area (Å²) in [5.41, 5.74) is 0. The lowest BCUT2D eigenvalue weighted by atomic mass is 10.2. The first-order chi connectivity index (χ1) is 16.4. The van der Waals surface area contributed by atoms with Gasteiger partial charge >= 0.3 is 0 Å². The highest BCUT2D eigenvalue weighted by Gasteiger charge is 1.95. The van der Waals surface area contributed by atoms with Gasteiger partial charge in [-0.3, -0.25) is 0 Å². The van der Waals surface area contributed by atoms with Crippen molar-refractivity contribution in [1.29, 1.82) is 0 Å². The molecule has 0 atom stereocenters. The van der Waals surface area contributed by atoms with Crippen molar-refractivity contribution in [2.75, 3.05) is 119 Å². The molecule has 0 radical (unpaired) electrons. The van der Waals surface area contributed by atoms with Gasteiger partial charge in [-0.2, -0.15) is 0 Å². The van der Waals surface area contributed by atoms with Crippen LogP contribution in [0.5, 0.6) is 0 Å².